The van der Waals surface area contributed by atoms with Crippen molar-refractivity contribution in [1.82, 2.24) is 9.80 Å². The van der Waals surface area contributed by atoms with Crippen LogP contribution in [-0.2, 0) is 14.3 Å². The number of unbranched alkanes of at least 4 members (excludes halogenated alkanes) is 2. The highest BCUT2D eigenvalue weighted by molar-refractivity contribution is 5.78. The summed E-state index contributed by atoms with van der Waals surface area (Å²) in [6, 6.07) is 4.40. The van der Waals surface area contributed by atoms with Crippen LogP contribution in [0.5, 0.6) is 17.2 Å². The number of rotatable bonds is 13. The number of nitrogens with zero attached hydrogens (tertiary/aromatic N) is 2. The molecule has 2 atom stereocenters. The molecule has 0 radical (unpaired) electrons. The van der Waals surface area contributed by atoms with Crippen LogP contribution in [0.15, 0.2) is 24.7 Å². The Kier molecular flexibility index (Phi) is 9.01. The van der Waals surface area contributed by atoms with Gasteiger partial charge in [0.05, 0.1) is 13.7 Å². The predicted octanol–water partition coefficient (Wildman–Crippen LogP) is 4.63. The number of hydrogen-bond acceptors (Lipinski definition) is 7. The molecular formula is C27H40N2O6. The molecule has 0 unspecified atom stereocenters. The maximum atomic E-state index is 13.4. The summed E-state index contributed by atoms with van der Waals surface area (Å²) in [7, 11) is 1.65. The number of benzene rings is 1. The number of carbonyl (C=O) groups is 1. The Hall–Kier alpha value is -2.61. The molecule has 3 heterocycles. The van der Waals surface area contributed by atoms with E-state index < -0.39 is 0 Å². The average molecular weight is 489 g/mol. The van der Waals surface area contributed by atoms with Crippen molar-refractivity contribution in [2.75, 3.05) is 40.1 Å². The van der Waals surface area contributed by atoms with Gasteiger partial charge in [0.25, 0.3) is 0 Å². The van der Waals surface area contributed by atoms with E-state index in [2.05, 4.69) is 35.8 Å². The van der Waals surface area contributed by atoms with Gasteiger partial charge in [0, 0.05) is 32.1 Å². The van der Waals surface area contributed by atoms with E-state index in [0.717, 1.165) is 75.9 Å². The topological polar surface area (TPSA) is 69.7 Å². The van der Waals surface area contributed by atoms with Crippen molar-refractivity contribution >= 4 is 5.91 Å². The number of hydrogen-bond donors (Lipinski definition) is 0. The normalized spacial score (nSPS) is 21.2. The fourth-order valence-corrected chi connectivity index (χ4v) is 5.17. The summed E-state index contributed by atoms with van der Waals surface area (Å²) in [6.45, 7) is 7.50. The molecule has 4 rings (SSSR count). The van der Waals surface area contributed by atoms with Crippen molar-refractivity contribution in [3.05, 3.63) is 30.2 Å². The van der Waals surface area contributed by atoms with Gasteiger partial charge in [0.2, 0.25) is 24.7 Å². The number of carbonyl (C=O) groups excluding carboxylic acids is 1. The second-order valence-electron chi connectivity index (χ2n) is 9.61. The minimum Gasteiger partial charge on any atom is -0.493 e. The molecule has 0 aromatic heterocycles. The first-order chi connectivity index (χ1) is 17.1. The fraction of sp³-hybridized carbons (Fsp3) is 0.667. The molecule has 0 N–H and O–H groups in total. The van der Waals surface area contributed by atoms with Gasteiger partial charge in [0.1, 0.15) is 12.5 Å². The summed E-state index contributed by atoms with van der Waals surface area (Å²) in [4.78, 5) is 17.8. The Morgan fingerprint density at radius 3 is 2.51 bits per heavy atom. The van der Waals surface area contributed by atoms with Crippen molar-refractivity contribution in [2.45, 2.75) is 77.0 Å². The molecule has 0 aliphatic carbocycles. The summed E-state index contributed by atoms with van der Waals surface area (Å²) in [5.41, 5.74) is 1.16. The van der Waals surface area contributed by atoms with Crippen LogP contribution in [0, 0.1) is 0 Å². The van der Waals surface area contributed by atoms with Crippen LogP contribution in [0.25, 0.3) is 0 Å². The lowest BCUT2D eigenvalue weighted by atomic mass is 9.94. The van der Waals surface area contributed by atoms with Crippen LogP contribution in [0.3, 0.4) is 0 Å². The third kappa shape index (κ3) is 6.34. The average Bonchev–Trinajstić information content (AvgIpc) is 3.63. The number of ether oxygens (including phenoxy) is 5. The van der Waals surface area contributed by atoms with E-state index in [-0.39, 0.29) is 30.9 Å². The molecular weight excluding hydrogens is 448 g/mol. The number of methoxy groups -OCH3 is 1. The molecule has 3 aliphatic rings. The standard InChI is InChI=1S/C27H40N2O6/c1-4-6-10-28(11-7-5-2)25(30)18-29-17-21(14-22(29)8-9-26-32-12-13-33-26)20-15-23(31-3)27-24(16-20)34-19-35-27/h12-13,15-16,21-22,26H,4-11,14,17-19H2,1-3H3/t21-,22-/m1/s1. The SMILES string of the molecule is CCCCN(CCCC)C(=O)CN1C[C@H](c2cc(OC)c3c(c2)OCO3)C[C@H]1CCC1OC=CO1. The van der Waals surface area contributed by atoms with E-state index >= 15 is 0 Å². The molecule has 0 saturated carbocycles. The van der Waals surface area contributed by atoms with Crippen molar-refractivity contribution in [3.63, 3.8) is 0 Å². The largest absolute Gasteiger partial charge is 0.493 e. The predicted molar refractivity (Wildman–Crippen MR) is 133 cm³/mol. The molecule has 1 aromatic rings. The molecule has 194 valence electrons. The van der Waals surface area contributed by atoms with Crippen LogP contribution < -0.4 is 14.2 Å². The van der Waals surface area contributed by atoms with Gasteiger partial charge in [-0.3, -0.25) is 9.69 Å². The van der Waals surface area contributed by atoms with Gasteiger partial charge in [0.15, 0.2) is 11.5 Å². The minimum absolute atomic E-state index is 0.212. The highest BCUT2D eigenvalue weighted by Crippen LogP contribution is 2.45. The Morgan fingerprint density at radius 1 is 1.09 bits per heavy atom. The first-order valence-corrected chi connectivity index (χ1v) is 13.1. The molecule has 1 fully saturated rings. The summed E-state index contributed by atoms with van der Waals surface area (Å²) in [5.74, 6) is 2.61. The van der Waals surface area contributed by atoms with Crippen LogP contribution >= 0.6 is 0 Å². The summed E-state index contributed by atoms with van der Waals surface area (Å²) in [6.07, 6.45) is 9.88. The Bertz CT molecular complexity index is 859. The maximum Gasteiger partial charge on any atom is 0.239 e. The third-order valence-electron chi connectivity index (χ3n) is 7.19. The van der Waals surface area contributed by atoms with Crippen LogP contribution in [0.2, 0.25) is 0 Å². The zero-order chi connectivity index (χ0) is 24.6. The lowest BCUT2D eigenvalue weighted by molar-refractivity contribution is -0.133. The van der Waals surface area contributed by atoms with Gasteiger partial charge in [-0.1, -0.05) is 26.7 Å². The molecule has 1 amide bonds. The molecule has 0 bridgehead atoms. The lowest BCUT2D eigenvalue weighted by Gasteiger charge is -2.29. The summed E-state index contributed by atoms with van der Waals surface area (Å²) < 4.78 is 27.8. The van der Waals surface area contributed by atoms with Crippen LogP contribution in [0.1, 0.15) is 70.3 Å². The van der Waals surface area contributed by atoms with Gasteiger partial charge in [-0.25, -0.2) is 0 Å². The Balaban J connectivity index is 1.47. The number of likely N-dealkylation sites (tertiary alicyclic amines) is 1. The highest BCUT2D eigenvalue weighted by Gasteiger charge is 2.36. The van der Waals surface area contributed by atoms with Gasteiger partial charge < -0.3 is 28.6 Å². The first kappa shape index (κ1) is 25.5. The van der Waals surface area contributed by atoms with E-state index in [1.54, 1.807) is 19.6 Å². The van der Waals surface area contributed by atoms with Gasteiger partial charge in [-0.05, 0) is 49.3 Å². The number of fused-ring (bicyclic) bond motifs is 1. The molecule has 8 heteroatoms. The smallest absolute Gasteiger partial charge is 0.239 e. The zero-order valence-electron chi connectivity index (χ0n) is 21.4. The van der Waals surface area contributed by atoms with E-state index in [0.29, 0.717) is 18.0 Å². The third-order valence-corrected chi connectivity index (χ3v) is 7.19. The van der Waals surface area contributed by atoms with Crippen LogP contribution in [0.4, 0.5) is 0 Å². The maximum absolute atomic E-state index is 13.4. The highest BCUT2D eigenvalue weighted by atomic mass is 16.7. The minimum atomic E-state index is -0.233. The molecule has 3 aliphatic heterocycles. The molecule has 0 spiro atoms. The quantitative estimate of drug-likeness (QED) is 0.401. The van der Waals surface area contributed by atoms with Gasteiger partial charge in [-0.2, -0.15) is 0 Å². The van der Waals surface area contributed by atoms with Crippen LogP contribution in [-0.4, -0.2) is 68.1 Å². The first-order valence-electron chi connectivity index (χ1n) is 13.1. The van der Waals surface area contributed by atoms with Gasteiger partial charge in [-0.15, -0.1) is 0 Å². The second kappa shape index (κ2) is 12.4. The second-order valence-corrected chi connectivity index (χ2v) is 9.61. The molecule has 8 nitrogen and oxygen atoms in total. The Morgan fingerprint density at radius 2 is 1.83 bits per heavy atom. The van der Waals surface area contributed by atoms with Gasteiger partial charge >= 0.3 is 0 Å². The lowest BCUT2D eigenvalue weighted by Crippen LogP contribution is -2.43. The summed E-state index contributed by atoms with van der Waals surface area (Å²) in [5, 5.41) is 0. The van der Waals surface area contributed by atoms with E-state index in [9.17, 15) is 4.79 Å². The zero-order valence-corrected chi connectivity index (χ0v) is 21.4. The van der Waals surface area contributed by atoms with Crippen molar-refractivity contribution in [3.8, 4) is 17.2 Å². The van der Waals surface area contributed by atoms with Crippen molar-refractivity contribution in [2.24, 2.45) is 0 Å². The monoisotopic (exact) mass is 488 g/mol. The molecule has 35 heavy (non-hydrogen) atoms. The van der Waals surface area contributed by atoms with E-state index in [1.807, 2.05) is 0 Å². The van der Waals surface area contributed by atoms with E-state index in [4.69, 9.17) is 23.7 Å². The summed E-state index contributed by atoms with van der Waals surface area (Å²) >= 11 is 0. The van der Waals surface area contributed by atoms with Crippen molar-refractivity contribution < 1.29 is 28.5 Å². The van der Waals surface area contributed by atoms with E-state index in [1.165, 1.54) is 0 Å². The molecule has 1 saturated heterocycles. The molecule has 1 aromatic carbocycles. The Labute approximate surface area is 209 Å². The van der Waals surface area contributed by atoms with Crippen molar-refractivity contribution in [1.29, 1.82) is 0 Å². The number of amides is 1. The fourth-order valence-electron chi connectivity index (χ4n) is 5.17.